The van der Waals surface area contributed by atoms with Crippen LogP contribution < -0.4 is 5.32 Å². The van der Waals surface area contributed by atoms with E-state index in [1.165, 1.54) is 37.7 Å². The van der Waals surface area contributed by atoms with Crippen LogP contribution in [0.2, 0.25) is 0 Å². The predicted octanol–water partition coefficient (Wildman–Crippen LogP) is 3.16. The maximum absolute atomic E-state index is 10.3. The van der Waals surface area contributed by atoms with Crippen molar-refractivity contribution >= 4 is 0 Å². The molecule has 2 N–H and O–H groups in total. The molecule has 0 aromatic heterocycles. The lowest BCUT2D eigenvalue weighted by atomic mass is 9.83. The van der Waals surface area contributed by atoms with Crippen molar-refractivity contribution < 1.29 is 5.11 Å². The second-order valence-corrected chi connectivity index (χ2v) is 5.76. The summed E-state index contributed by atoms with van der Waals surface area (Å²) in [6, 6.07) is 8.58. The average Bonchev–Trinajstić information content (AvgIpc) is 2.40. The number of hydrogen-bond donors (Lipinski definition) is 2. The van der Waals surface area contributed by atoms with E-state index in [0.717, 1.165) is 11.5 Å². The maximum Gasteiger partial charge on any atom is 0.0992 e. The number of nitrogens with one attached hydrogen (secondary N) is 1. The Kier molecular flexibility index (Phi) is 4.41. The first kappa shape index (κ1) is 13.6. The Bertz CT molecular complexity index is 363. The van der Waals surface area contributed by atoms with Crippen LogP contribution in [0.25, 0.3) is 0 Å². The Hall–Kier alpha value is -0.860. The zero-order chi connectivity index (χ0) is 13.0. The third-order valence-electron chi connectivity index (χ3n) is 4.13. The lowest BCUT2D eigenvalue weighted by molar-refractivity contribution is 0.0591. The summed E-state index contributed by atoms with van der Waals surface area (Å²) in [5.74, 6) is 0.738. The van der Waals surface area contributed by atoms with Crippen molar-refractivity contribution in [1.29, 1.82) is 0 Å². The lowest BCUT2D eigenvalue weighted by Crippen LogP contribution is -2.33. The molecule has 2 rings (SSSR count). The second-order valence-electron chi connectivity index (χ2n) is 5.76. The van der Waals surface area contributed by atoms with Gasteiger partial charge in [0.25, 0.3) is 0 Å². The highest BCUT2D eigenvalue weighted by Gasteiger charge is 2.22. The number of aliphatic hydroxyl groups is 1. The van der Waals surface area contributed by atoms with E-state index < -0.39 is 5.60 Å². The topological polar surface area (TPSA) is 32.3 Å². The van der Waals surface area contributed by atoms with Gasteiger partial charge in [0.2, 0.25) is 0 Å². The van der Waals surface area contributed by atoms with Gasteiger partial charge in [0.1, 0.15) is 0 Å². The highest BCUT2D eigenvalue weighted by Crippen LogP contribution is 2.33. The Morgan fingerprint density at radius 1 is 1.17 bits per heavy atom. The van der Waals surface area contributed by atoms with Crippen molar-refractivity contribution in [1.82, 2.24) is 5.32 Å². The van der Waals surface area contributed by atoms with Crippen LogP contribution in [0, 0.1) is 0 Å². The molecule has 1 unspecified atom stereocenters. The fourth-order valence-electron chi connectivity index (χ4n) is 3.00. The molecular formula is C16H25NO. The second kappa shape index (κ2) is 5.85. The third kappa shape index (κ3) is 3.12. The molecule has 2 heteroatoms. The number of rotatable bonds is 4. The fourth-order valence-corrected chi connectivity index (χ4v) is 3.00. The van der Waals surface area contributed by atoms with Gasteiger partial charge in [-0.15, -0.1) is 0 Å². The van der Waals surface area contributed by atoms with E-state index in [1.54, 1.807) is 0 Å². The molecule has 1 aromatic rings. The van der Waals surface area contributed by atoms with E-state index in [0.29, 0.717) is 6.54 Å². The van der Waals surface area contributed by atoms with E-state index in [-0.39, 0.29) is 0 Å². The quantitative estimate of drug-likeness (QED) is 0.856. The first-order chi connectivity index (χ1) is 8.63. The molecule has 1 atom stereocenters. The molecule has 1 aromatic carbocycles. The normalized spacial score (nSPS) is 20.6. The number of likely N-dealkylation sites (N-methyl/N-ethyl adjacent to an activating group) is 1. The van der Waals surface area contributed by atoms with Crippen LogP contribution in [0.15, 0.2) is 24.3 Å². The van der Waals surface area contributed by atoms with Crippen LogP contribution in [-0.4, -0.2) is 18.7 Å². The van der Waals surface area contributed by atoms with E-state index in [4.69, 9.17) is 0 Å². The number of benzene rings is 1. The molecular weight excluding hydrogens is 222 g/mol. The summed E-state index contributed by atoms with van der Waals surface area (Å²) in [6.45, 7) is 2.44. The summed E-state index contributed by atoms with van der Waals surface area (Å²) >= 11 is 0. The highest BCUT2D eigenvalue weighted by molar-refractivity contribution is 5.29. The Morgan fingerprint density at radius 2 is 1.78 bits per heavy atom. The molecule has 1 fully saturated rings. The Labute approximate surface area is 110 Å². The van der Waals surface area contributed by atoms with Gasteiger partial charge in [0, 0.05) is 6.54 Å². The fraction of sp³-hybridized carbons (Fsp3) is 0.625. The smallest absolute Gasteiger partial charge is 0.0992 e. The molecule has 0 radical (unpaired) electrons. The van der Waals surface area contributed by atoms with Gasteiger partial charge in [-0.1, -0.05) is 43.5 Å². The van der Waals surface area contributed by atoms with Crippen LogP contribution in [0.4, 0.5) is 0 Å². The van der Waals surface area contributed by atoms with Crippen molar-refractivity contribution in [3.8, 4) is 0 Å². The minimum absolute atomic E-state index is 0.579. The summed E-state index contributed by atoms with van der Waals surface area (Å²) in [4.78, 5) is 0. The first-order valence-corrected chi connectivity index (χ1v) is 7.11. The van der Waals surface area contributed by atoms with Gasteiger partial charge < -0.3 is 10.4 Å². The molecule has 2 nitrogen and oxygen atoms in total. The van der Waals surface area contributed by atoms with Gasteiger partial charge >= 0.3 is 0 Å². The minimum atomic E-state index is -0.778. The third-order valence-corrected chi connectivity index (χ3v) is 4.13. The van der Waals surface area contributed by atoms with Gasteiger partial charge in [-0.25, -0.2) is 0 Å². The molecule has 0 saturated heterocycles. The van der Waals surface area contributed by atoms with Crippen molar-refractivity contribution in [2.45, 2.75) is 50.5 Å². The molecule has 1 saturated carbocycles. The molecule has 0 spiro atoms. The zero-order valence-corrected chi connectivity index (χ0v) is 11.6. The molecule has 0 bridgehead atoms. The van der Waals surface area contributed by atoms with Crippen LogP contribution in [0.3, 0.4) is 0 Å². The van der Waals surface area contributed by atoms with E-state index >= 15 is 0 Å². The molecule has 100 valence electrons. The summed E-state index contributed by atoms with van der Waals surface area (Å²) in [6.07, 6.45) is 6.78. The molecule has 1 aliphatic carbocycles. The standard InChI is InChI=1S/C16H25NO/c1-16(18,12-17-2)15-10-8-14(9-11-15)13-6-4-3-5-7-13/h8-11,13,17-18H,3-7,12H2,1-2H3. The van der Waals surface area contributed by atoms with Gasteiger partial charge in [-0.2, -0.15) is 0 Å². The van der Waals surface area contributed by atoms with Crippen molar-refractivity contribution in [3.05, 3.63) is 35.4 Å². The largest absolute Gasteiger partial charge is 0.384 e. The summed E-state index contributed by atoms with van der Waals surface area (Å²) in [5, 5.41) is 13.4. The van der Waals surface area contributed by atoms with Crippen molar-refractivity contribution in [2.24, 2.45) is 0 Å². The van der Waals surface area contributed by atoms with Gasteiger partial charge in [-0.3, -0.25) is 0 Å². The lowest BCUT2D eigenvalue weighted by Gasteiger charge is -2.25. The summed E-state index contributed by atoms with van der Waals surface area (Å²) < 4.78 is 0. The zero-order valence-electron chi connectivity index (χ0n) is 11.6. The summed E-state index contributed by atoms with van der Waals surface area (Å²) in [5.41, 5.74) is 1.66. The SMILES string of the molecule is CNCC(C)(O)c1ccc(C2CCCCC2)cc1. The molecule has 0 heterocycles. The van der Waals surface area contributed by atoms with E-state index in [2.05, 4.69) is 29.6 Å². The predicted molar refractivity (Wildman–Crippen MR) is 75.8 cm³/mol. The van der Waals surface area contributed by atoms with E-state index in [9.17, 15) is 5.11 Å². The Morgan fingerprint density at radius 3 is 2.33 bits per heavy atom. The first-order valence-electron chi connectivity index (χ1n) is 7.11. The maximum atomic E-state index is 10.3. The van der Waals surface area contributed by atoms with Crippen LogP contribution >= 0.6 is 0 Å². The van der Waals surface area contributed by atoms with Gasteiger partial charge in [-0.05, 0) is 43.9 Å². The van der Waals surface area contributed by atoms with Crippen molar-refractivity contribution in [2.75, 3.05) is 13.6 Å². The summed E-state index contributed by atoms with van der Waals surface area (Å²) in [7, 11) is 1.87. The van der Waals surface area contributed by atoms with E-state index in [1.807, 2.05) is 14.0 Å². The Balaban J connectivity index is 2.09. The average molecular weight is 247 g/mol. The highest BCUT2D eigenvalue weighted by atomic mass is 16.3. The van der Waals surface area contributed by atoms with Crippen molar-refractivity contribution in [3.63, 3.8) is 0 Å². The number of hydrogen-bond acceptors (Lipinski definition) is 2. The minimum Gasteiger partial charge on any atom is -0.384 e. The van der Waals surface area contributed by atoms with Gasteiger partial charge in [0.15, 0.2) is 0 Å². The van der Waals surface area contributed by atoms with Gasteiger partial charge in [0.05, 0.1) is 5.60 Å². The monoisotopic (exact) mass is 247 g/mol. The molecule has 18 heavy (non-hydrogen) atoms. The molecule has 1 aliphatic rings. The van der Waals surface area contributed by atoms with Crippen LogP contribution in [-0.2, 0) is 5.60 Å². The van der Waals surface area contributed by atoms with Crippen LogP contribution in [0.5, 0.6) is 0 Å². The molecule has 0 amide bonds. The van der Waals surface area contributed by atoms with Crippen LogP contribution in [0.1, 0.15) is 56.1 Å². The molecule has 0 aliphatic heterocycles.